The first-order valence-corrected chi connectivity index (χ1v) is 7.90. The molecular formula is C17H25ClN2O3. The molecule has 0 spiro atoms. The second-order valence-corrected chi connectivity index (χ2v) is 6.26. The number of benzene rings is 1. The fourth-order valence-corrected chi connectivity index (χ4v) is 3.57. The fourth-order valence-electron chi connectivity index (χ4n) is 3.57. The van der Waals surface area contributed by atoms with E-state index in [0.29, 0.717) is 6.54 Å². The van der Waals surface area contributed by atoms with Crippen LogP contribution < -0.4 is 15.2 Å². The predicted octanol–water partition coefficient (Wildman–Crippen LogP) is 2.14. The number of nitrogens with two attached hydrogens (primary N) is 1. The number of rotatable bonds is 3. The van der Waals surface area contributed by atoms with Crippen molar-refractivity contribution in [3.63, 3.8) is 0 Å². The van der Waals surface area contributed by atoms with E-state index >= 15 is 0 Å². The number of halogens is 1. The summed E-state index contributed by atoms with van der Waals surface area (Å²) in [5.41, 5.74) is 8.33. The van der Waals surface area contributed by atoms with Crippen LogP contribution in [0, 0.1) is 5.92 Å². The third-order valence-corrected chi connectivity index (χ3v) is 4.85. The molecule has 6 heteroatoms. The predicted molar refractivity (Wildman–Crippen MR) is 91.2 cm³/mol. The molecule has 2 aliphatic rings. The van der Waals surface area contributed by atoms with E-state index in [0.717, 1.165) is 49.3 Å². The zero-order valence-electron chi connectivity index (χ0n) is 13.7. The van der Waals surface area contributed by atoms with Crippen molar-refractivity contribution in [2.24, 2.45) is 11.7 Å². The molecule has 1 saturated carbocycles. The molecule has 0 saturated heterocycles. The van der Waals surface area contributed by atoms with Crippen LogP contribution in [0.15, 0.2) is 12.1 Å². The molecule has 1 fully saturated rings. The third-order valence-electron chi connectivity index (χ3n) is 4.85. The Bertz CT molecular complexity index is 579. The van der Waals surface area contributed by atoms with Gasteiger partial charge in [0.05, 0.1) is 14.2 Å². The van der Waals surface area contributed by atoms with Crippen molar-refractivity contribution in [1.29, 1.82) is 0 Å². The van der Waals surface area contributed by atoms with Crippen LogP contribution in [0.2, 0.25) is 0 Å². The smallest absolute Gasteiger partial charge is 0.226 e. The van der Waals surface area contributed by atoms with Gasteiger partial charge >= 0.3 is 0 Å². The summed E-state index contributed by atoms with van der Waals surface area (Å²) in [6.45, 7) is 1.42. The number of hydrogen-bond acceptors (Lipinski definition) is 4. The van der Waals surface area contributed by atoms with E-state index in [2.05, 4.69) is 0 Å². The summed E-state index contributed by atoms with van der Waals surface area (Å²) in [4.78, 5) is 14.6. The number of carbonyl (C=O) groups is 1. The molecule has 23 heavy (non-hydrogen) atoms. The van der Waals surface area contributed by atoms with Crippen molar-refractivity contribution in [2.75, 3.05) is 20.8 Å². The Morgan fingerprint density at radius 1 is 1.17 bits per heavy atom. The molecule has 128 valence electrons. The van der Waals surface area contributed by atoms with Crippen LogP contribution in [-0.4, -0.2) is 37.6 Å². The standard InChI is InChI=1S/C17H24N2O3.ClH/c1-21-15-8-11-5-6-19(10-13(11)9-16(15)22-2)17(20)12-3-4-14(18)7-12;/h8-9,12,14H,3-7,10,18H2,1-2H3;1H. The topological polar surface area (TPSA) is 64.8 Å². The molecule has 0 radical (unpaired) electrons. The normalized spacial score (nSPS) is 23.0. The molecule has 2 atom stereocenters. The minimum atomic E-state index is 0. The van der Waals surface area contributed by atoms with E-state index in [1.807, 2.05) is 17.0 Å². The number of methoxy groups -OCH3 is 2. The molecule has 1 aliphatic heterocycles. The van der Waals surface area contributed by atoms with Gasteiger partial charge in [0.2, 0.25) is 5.91 Å². The van der Waals surface area contributed by atoms with Gasteiger partial charge in [-0.3, -0.25) is 4.79 Å². The number of carbonyl (C=O) groups excluding carboxylic acids is 1. The highest BCUT2D eigenvalue weighted by Crippen LogP contribution is 2.34. The molecule has 2 N–H and O–H groups in total. The van der Waals surface area contributed by atoms with Crippen LogP contribution in [0.5, 0.6) is 11.5 Å². The molecule has 3 rings (SSSR count). The lowest BCUT2D eigenvalue weighted by molar-refractivity contribution is -0.136. The summed E-state index contributed by atoms with van der Waals surface area (Å²) in [5, 5.41) is 0. The second kappa shape index (κ2) is 7.41. The van der Waals surface area contributed by atoms with Gasteiger partial charge in [0.15, 0.2) is 11.5 Å². The van der Waals surface area contributed by atoms with Crippen molar-refractivity contribution < 1.29 is 14.3 Å². The van der Waals surface area contributed by atoms with Crippen LogP contribution >= 0.6 is 12.4 Å². The van der Waals surface area contributed by atoms with Crippen LogP contribution in [0.4, 0.5) is 0 Å². The summed E-state index contributed by atoms with van der Waals surface area (Å²) in [7, 11) is 3.28. The number of hydrogen-bond donors (Lipinski definition) is 1. The zero-order valence-corrected chi connectivity index (χ0v) is 14.5. The SMILES string of the molecule is COc1cc2c(cc1OC)CN(C(=O)C1CCC(N)C1)CC2.Cl. The Morgan fingerprint density at radius 3 is 2.39 bits per heavy atom. The number of nitrogens with zero attached hydrogens (tertiary/aromatic N) is 1. The van der Waals surface area contributed by atoms with Gasteiger partial charge in [0, 0.05) is 25.0 Å². The molecular weight excluding hydrogens is 316 g/mol. The van der Waals surface area contributed by atoms with E-state index in [1.54, 1.807) is 14.2 Å². The monoisotopic (exact) mass is 340 g/mol. The third kappa shape index (κ3) is 3.56. The highest BCUT2D eigenvalue weighted by molar-refractivity contribution is 5.85. The average Bonchev–Trinajstić information content (AvgIpc) is 2.98. The Labute approximate surface area is 143 Å². The van der Waals surface area contributed by atoms with Crippen LogP contribution in [0.1, 0.15) is 30.4 Å². The van der Waals surface area contributed by atoms with Gasteiger partial charge in [-0.1, -0.05) is 0 Å². The molecule has 0 aromatic heterocycles. The van der Waals surface area contributed by atoms with E-state index in [4.69, 9.17) is 15.2 Å². The van der Waals surface area contributed by atoms with Crippen LogP contribution in [-0.2, 0) is 17.8 Å². The van der Waals surface area contributed by atoms with E-state index < -0.39 is 0 Å². The van der Waals surface area contributed by atoms with Gasteiger partial charge in [-0.2, -0.15) is 0 Å². The molecule has 1 aromatic carbocycles. The molecule has 2 unspecified atom stereocenters. The van der Waals surface area contributed by atoms with Gasteiger partial charge < -0.3 is 20.1 Å². The molecule has 0 bridgehead atoms. The zero-order chi connectivity index (χ0) is 15.7. The lowest BCUT2D eigenvalue weighted by atomic mass is 9.97. The lowest BCUT2D eigenvalue weighted by Gasteiger charge is -2.31. The van der Waals surface area contributed by atoms with Crippen molar-refractivity contribution in [3.05, 3.63) is 23.3 Å². The van der Waals surface area contributed by atoms with E-state index in [1.165, 1.54) is 5.56 Å². The highest BCUT2D eigenvalue weighted by Gasteiger charge is 2.32. The van der Waals surface area contributed by atoms with Crippen molar-refractivity contribution in [3.8, 4) is 11.5 Å². The minimum absolute atomic E-state index is 0. The van der Waals surface area contributed by atoms with Gasteiger partial charge in [0.25, 0.3) is 0 Å². The molecule has 1 amide bonds. The largest absolute Gasteiger partial charge is 0.493 e. The average molecular weight is 341 g/mol. The first kappa shape index (κ1) is 17.9. The minimum Gasteiger partial charge on any atom is -0.493 e. The summed E-state index contributed by atoms with van der Waals surface area (Å²) < 4.78 is 10.7. The first-order chi connectivity index (χ1) is 10.6. The van der Waals surface area contributed by atoms with Gasteiger partial charge in [0.1, 0.15) is 0 Å². The number of fused-ring (bicyclic) bond motifs is 1. The van der Waals surface area contributed by atoms with Crippen molar-refractivity contribution >= 4 is 18.3 Å². The Kier molecular flexibility index (Phi) is 5.76. The Balaban J connectivity index is 0.00000192. The molecule has 1 aromatic rings. The maximum absolute atomic E-state index is 12.6. The maximum atomic E-state index is 12.6. The Morgan fingerprint density at radius 2 is 1.83 bits per heavy atom. The summed E-state index contributed by atoms with van der Waals surface area (Å²) in [5.74, 6) is 1.84. The van der Waals surface area contributed by atoms with Gasteiger partial charge in [-0.25, -0.2) is 0 Å². The summed E-state index contributed by atoms with van der Waals surface area (Å²) in [6, 6.07) is 4.21. The Hall–Kier alpha value is -1.46. The highest BCUT2D eigenvalue weighted by atomic mass is 35.5. The first-order valence-electron chi connectivity index (χ1n) is 7.90. The fraction of sp³-hybridized carbons (Fsp3) is 0.588. The second-order valence-electron chi connectivity index (χ2n) is 6.26. The lowest BCUT2D eigenvalue weighted by Crippen LogP contribution is -2.39. The van der Waals surface area contributed by atoms with Gasteiger partial charge in [-0.05, 0) is 48.9 Å². The molecule has 5 nitrogen and oxygen atoms in total. The number of amides is 1. The summed E-state index contributed by atoms with van der Waals surface area (Å²) >= 11 is 0. The van der Waals surface area contributed by atoms with E-state index in [-0.39, 0.29) is 30.3 Å². The summed E-state index contributed by atoms with van der Waals surface area (Å²) in [6.07, 6.45) is 3.58. The van der Waals surface area contributed by atoms with Crippen LogP contribution in [0.25, 0.3) is 0 Å². The maximum Gasteiger partial charge on any atom is 0.226 e. The number of ether oxygens (including phenoxy) is 2. The van der Waals surface area contributed by atoms with Crippen molar-refractivity contribution in [1.82, 2.24) is 4.90 Å². The quantitative estimate of drug-likeness (QED) is 0.915. The molecule has 1 heterocycles. The van der Waals surface area contributed by atoms with Crippen molar-refractivity contribution in [2.45, 2.75) is 38.3 Å². The van der Waals surface area contributed by atoms with Crippen LogP contribution in [0.3, 0.4) is 0 Å². The van der Waals surface area contributed by atoms with E-state index in [9.17, 15) is 4.79 Å². The van der Waals surface area contributed by atoms with Gasteiger partial charge in [-0.15, -0.1) is 12.4 Å². The molecule has 1 aliphatic carbocycles.